The van der Waals surface area contributed by atoms with Gasteiger partial charge in [-0.1, -0.05) is 18.2 Å². The van der Waals surface area contributed by atoms with Gasteiger partial charge in [0.2, 0.25) is 0 Å². The number of urea groups is 1. The molecule has 4 rings (SSSR count). The number of alkyl halides is 6. The Morgan fingerprint density at radius 3 is 2.38 bits per heavy atom. The van der Waals surface area contributed by atoms with Gasteiger partial charge >= 0.3 is 18.6 Å². The van der Waals surface area contributed by atoms with Crippen LogP contribution in [0.4, 0.5) is 36.8 Å². The Balaban J connectivity index is 1.45. The molecule has 37 heavy (non-hydrogen) atoms. The number of amides is 2. The number of nitrogens with one attached hydrogen (secondary N) is 3. The van der Waals surface area contributed by atoms with Gasteiger partial charge in [-0.15, -0.1) is 13.2 Å². The Bertz CT molecular complexity index is 1100. The van der Waals surface area contributed by atoms with Crippen molar-refractivity contribution in [2.45, 2.75) is 49.6 Å². The molecule has 0 radical (unpaired) electrons. The van der Waals surface area contributed by atoms with E-state index in [0.717, 1.165) is 12.1 Å². The fourth-order valence-corrected chi connectivity index (χ4v) is 4.67. The number of halogens is 6. The number of carbonyl (C=O) groups is 1. The van der Waals surface area contributed by atoms with Crippen LogP contribution < -0.4 is 25.4 Å². The highest BCUT2D eigenvalue weighted by atomic mass is 19.4. The molecular formula is C24H26F6N4O3. The molecule has 2 fully saturated rings. The van der Waals surface area contributed by atoms with Crippen molar-refractivity contribution in [3.05, 3.63) is 54.1 Å². The number of hydrogen-bond donors (Lipinski definition) is 3. The van der Waals surface area contributed by atoms with Crippen LogP contribution in [0, 0.1) is 0 Å². The summed E-state index contributed by atoms with van der Waals surface area (Å²) in [6, 6.07) is 9.38. The molecule has 2 aliphatic rings. The first kappa shape index (κ1) is 26.9. The maximum absolute atomic E-state index is 14.2. The van der Waals surface area contributed by atoms with E-state index in [1.165, 1.54) is 42.3 Å². The van der Waals surface area contributed by atoms with Crippen LogP contribution >= 0.6 is 0 Å². The fourth-order valence-electron chi connectivity index (χ4n) is 4.67. The smallest absolute Gasteiger partial charge is 0.473 e. The van der Waals surface area contributed by atoms with Gasteiger partial charge in [0.1, 0.15) is 17.0 Å². The molecule has 0 aliphatic carbocycles. The van der Waals surface area contributed by atoms with E-state index in [9.17, 15) is 31.1 Å². The van der Waals surface area contributed by atoms with E-state index in [1.54, 1.807) is 6.07 Å². The van der Waals surface area contributed by atoms with E-state index in [1.807, 2.05) is 0 Å². The minimum atomic E-state index is -4.83. The maximum Gasteiger partial charge on any atom is 0.573 e. The Kier molecular flexibility index (Phi) is 7.47. The molecule has 2 amide bonds. The highest BCUT2D eigenvalue weighted by Crippen LogP contribution is 2.53. The molecule has 2 saturated heterocycles. The summed E-state index contributed by atoms with van der Waals surface area (Å²) in [5, 5.41) is 8.35. The number of para-hydroxylation sites is 1. The van der Waals surface area contributed by atoms with E-state index >= 15 is 0 Å². The van der Waals surface area contributed by atoms with Crippen LogP contribution in [0.3, 0.4) is 0 Å². The molecule has 2 aromatic carbocycles. The number of likely N-dealkylation sites (tertiary alicyclic amines) is 1. The fraction of sp³-hybridized carbons (Fsp3) is 0.458. The molecule has 2 heterocycles. The van der Waals surface area contributed by atoms with Gasteiger partial charge in [0.15, 0.2) is 6.23 Å². The molecule has 13 heteroatoms. The zero-order chi connectivity index (χ0) is 26.8. The van der Waals surface area contributed by atoms with E-state index < -0.39 is 42.1 Å². The number of rotatable bonds is 6. The first-order chi connectivity index (χ1) is 17.4. The lowest BCUT2D eigenvalue weighted by molar-refractivity contribution is -0.274. The van der Waals surface area contributed by atoms with Gasteiger partial charge in [0, 0.05) is 17.8 Å². The van der Waals surface area contributed by atoms with Crippen molar-refractivity contribution >= 4 is 11.7 Å². The molecule has 2 aliphatic heterocycles. The van der Waals surface area contributed by atoms with Crippen molar-refractivity contribution in [3.63, 3.8) is 0 Å². The summed E-state index contributed by atoms with van der Waals surface area (Å²) >= 11 is 0. The molecule has 7 nitrogen and oxygen atoms in total. The van der Waals surface area contributed by atoms with Gasteiger partial charge in [-0.2, -0.15) is 13.2 Å². The molecular weight excluding hydrogens is 506 g/mol. The van der Waals surface area contributed by atoms with Crippen molar-refractivity contribution in [1.29, 1.82) is 0 Å². The van der Waals surface area contributed by atoms with Crippen molar-refractivity contribution in [1.82, 2.24) is 15.5 Å². The highest BCUT2D eigenvalue weighted by Gasteiger charge is 2.64. The summed E-state index contributed by atoms with van der Waals surface area (Å²) in [7, 11) is 1.42. The normalized spacial score (nSPS) is 24.6. The van der Waals surface area contributed by atoms with Gasteiger partial charge in [-0.25, -0.2) is 4.79 Å². The lowest BCUT2D eigenvalue weighted by Crippen LogP contribution is -2.64. The molecule has 0 aromatic heterocycles. The van der Waals surface area contributed by atoms with Crippen LogP contribution in [0.5, 0.6) is 11.5 Å². The van der Waals surface area contributed by atoms with E-state index in [0.29, 0.717) is 25.9 Å². The lowest BCUT2D eigenvalue weighted by atomic mass is 9.77. The quantitative estimate of drug-likeness (QED) is 0.459. The molecule has 0 spiro atoms. The number of carbonyl (C=O) groups excluding carboxylic acids is 1. The number of nitrogens with zero attached hydrogens (tertiary/aromatic N) is 1. The Morgan fingerprint density at radius 1 is 1.08 bits per heavy atom. The Hall–Kier alpha value is -3.19. The topological polar surface area (TPSA) is 74.9 Å². The zero-order valence-electron chi connectivity index (χ0n) is 19.7. The van der Waals surface area contributed by atoms with Crippen molar-refractivity contribution in [2.75, 3.05) is 25.5 Å². The number of piperidine rings is 1. The Labute approximate surface area is 209 Å². The lowest BCUT2D eigenvalue weighted by Gasteiger charge is -2.52. The minimum Gasteiger partial charge on any atom is -0.473 e. The van der Waals surface area contributed by atoms with Gasteiger partial charge in [0.05, 0.1) is 6.04 Å². The summed E-state index contributed by atoms with van der Waals surface area (Å²) in [6.07, 6.45) is -9.07. The second-order valence-electron chi connectivity index (χ2n) is 8.94. The van der Waals surface area contributed by atoms with Crippen LogP contribution in [0.25, 0.3) is 0 Å². The van der Waals surface area contributed by atoms with E-state index in [4.69, 9.17) is 4.74 Å². The number of anilines is 1. The van der Waals surface area contributed by atoms with Crippen molar-refractivity contribution in [2.24, 2.45) is 0 Å². The van der Waals surface area contributed by atoms with Crippen LogP contribution in [-0.2, 0) is 5.54 Å². The van der Waals surface area contributed by atoms with E-state index in [-0.39, 0.29) is 23.4 Å². The molecule has 3 unspecified atom stereocenters. The minimum absolute atomic E-state index is 0.00740. The van der Waals surface area contributed by atoms with Crippen LogP contribution in [0.2, 0.25) is 0 Å². The number of ether oxygens (including phenoxy) is 2. The molecule has 0 saturated carbocycles. The van der Waals surface area contributed by atoms with Gasteiger partial charge in [-0.05, 0) is 63.2 Å². The average molecular weight is 532 g/mol. The second kappa shape index (κ2) is 10.3. The molecule has 0 bridgehead atoms. The standard InChI is InChI=1S/C24H26F6N4O3/c1-34-14-12-22(34,23(25,26)27)17-5-2-3-7-19(17)36-20-18(6-4-13-31-20)33-21(35)32-15-8-10-16(11-9-15)37-24(28,29)30/h2-3,5,7-11,18,20,31H,4,6,12-14H2,1H3,(H2,32,33,35). The molecule has 2 aromatic rings. The van der Waals surface area contributed by atoms with Crippen LogP contribution in [0.15, 0.2) is 48.5 Å². The average Bonchev–Trinajstić information content (AvgIpc) is 2.80. The first-order valence-electron chi connectivity index (χ1n) is 11.6. The van der Waals surface area contributed by atoms with Crippen molar-refractivity contribution in [3.8, 4) is 11.5 Å². The largest absolute Gasteiger partial charge is 0.573 e. The summed E-state index contributed by atoms with van der Waals surface area (Å²) < 4.78 is 89.3. The molecule has 3 N–H and O–H groups in total. The highest BCUT2D eigenvalue weighted by molar-refractivity contribution is 5.89. The summed E-state index contributed by atoms with van der Waals surface area (Å²) in [5.41, 5.74) is -1.92. The van der Waals surface area contributed by atoms with Gasteiger partial charge in [0.25, 0.3) is 0 Å². The number of hydrogen-bond acceptors (Lipinski definition) is 5. The maximum atomic E-state index is 14.2. The summed E-state index contributed by atoms with van der Waals surface area (Å²) in [5.74, 6) is -0.367. The predicted molar refractivity (Wildman–Crippen MR) is 122 cm³/mol. The van der Waals surface area contributed by atoms with Crippen LogP contribution in [-0.4, -0.2) is 55.9 Å². The van der Waals surface area contributed by atoms with Gasteiger partial charge in [-0.3, -0.25) is 10.2 Å². The molecule has 202 valence electrons. The summed E-state index contributed by atoms with van der Waals surface area (Å²) in [4.78, 5) is 13.8. The Morgan fingerprint density at radius 2 is 1.78 bits per heavy atom. The monoisotopic (exact) mass is 532 g/mol. The zero-order valence-corrected chi connectivity index (χ0v) is 19.7. The third kappa shape index (κ3) is 5.87. The van der Waals surface area contributed by atoms with E-state index in [2.05, 4.69) is 20.7 Å². The molecule has 3 atom stereocenters. The number of benzene rings is 2. The summed E-state index contributed by atoms with van der Waals surface area (Å²) in [6.45, 7) is 0.834. The third-order valence-corrected chi connectivity index (χ3v) is 6.58. The van der Waals surface area contributed by atoms with Gasteiger partial charge < -0.3 is 20.1 Å². The van der Waals surface area contributed by atoms with Crippen LogP contribution in [0.1, 0.15) is 24.8 Å². The first-order valence-corrected chi connectivity index (χ1v) is 11.6. The SMILES string of the molecule is CN1CCC1(c1ccccc1OC1NCCCC1NC(=O)Nc1ccc(OC(F)(F)F)cc1)C(F)(F)F. The van der Waals surface area contributed by atoms with Crippen molar-refractivity contribution < 1.29 is 40.6 Å². The predicted octanol–water partition coefficient (Wildman–Crippen LogP) is 4.96. The second-order valence-corrected chi connectivity index (χ2v) is 8.94. The third-order valence-electron chi connectivity index (χ3n) is 6.58.